The first-order valence-electron chi connectivity index (χ1n) is 11.6. The molecule has 38 heavy (non-hydrogen) atoms. The first-order valence-corrected chi connectivity index (χ1v) is 11.6. The lowest BCUT2D eigenvalue weighted by Gasteiger charge is -2.18. The minimum atomic E-state index is -0.465. The summed E-state index contributed by atoms with van der Waals surface area (Å²) >= 11 is 0. The molecule has 6 rings (SSSR count). The fourth-order valence-electron chi connectivity index (χ4n) is 4.17. The fraction of sp³-hybridized carbons (Fsp3) is 0.167. The molecule has 2 aliphatic rings. The van der Waals surface area contributed by atoms with Crippen molar-refractivity contribution in [3.63, 3.8) is 0 Å². The molecule has 1 atom stereocenters. The van der Waals surface area contributed by atoms with E-state index in [1.54, 1.807) is 24.3 Å². The molecule has 0 saturated heterocycles. The van der Waals surface area contributed by atoms with Crippen LogP contribution in [0.25, 0.3) is 11.0 Å². The number of fused-ring (bicyclic) bond motifs is 2. The van der Waals surface area contributed by atoms with Crippen LogP contribution in [0.2, 0.25) is 0 Å². The van der Waals surface area contributed by atoms with E-state index in [-0.39, 0.29) is 47.9 Å². The Morgan fingerprint density at radius 2 is 2.03 bits per heavy atom. The summed E-state index contributed by atoms with van der Waals surface area (Å²) in [5.74, 6) is 0.423. The third-order valence-corrected chi connectivity index (χ3v) is 6.07. The lowest BCUT2D eigenvalue weighted by atomic mass is 9.96. The normalized spacial score (nSPS) is 16.3. The molecule has 1 unspecified atom stereocenters. The predicted octanol–water partition coefficient (Wildman–Crippen LogP) is 1.34. The van der Waals surface area contributed by atoms with Crippen molar-refractivity contribution in [2.24, 2.45) is 0 Å². The van der Waals surface area contributed by atoms with Crippen LogP contribution in [-0.2, 0) is 16.1 Å². The predicted molar refractivity (Wildman–Crippen MR) is 133 cm³/mol. The van der Waals surface area contributed by atoms with Gasteiger partial charge in [-0.05, 0) is 24.1 Å². The van der Waals surface area contributed by atoms with Crippen LogP contribution in [-0.4, -0.2) is 59.7 Å². The molecule has 0 fully saturated rings. The average Bonchev–Trinajstić information content (AvgIpc) is 3.62. The average molecular weight is 512 g/mol. The van der Waals surface area contributed by atoms with E-state index in [0.717, 1.165) is 11.4 Å². The van der Waals surface area contributed by atoms with Gasteiger partial charge in [0.25, 0.3) is 17.7 Å². The maximum absolute atomic E-state index is 12.9. The van der Waals surface area contributed by atoms with Gasteiger partial charge in [-0.1, -0.05) is 24.3 Å². The van der Waals surface area contributed by atoms with Crippen molar-refractivity contribution in [2.45, 2.75) is 18.9 Å². The van der Waals surface area contributed by atoms with E-state index in [1.807, 2.05) is 12.2 Å². The Balaban J connectivity index is 1.13. The molecular formula is C24H20N10O4. The molecule has 0 bridgehead atoms. The van der Waals surface area contributed by atoms with Crippen molar-refractivity contribution in [3.05, 3.63) is 71.7 Å². The summed E-state index contributed by atoms with van der Waals surface area (Å²) < 4.78 is 5.35. The highest BCUT2D eigenvalue weighted by molar-refractivity contribution is 6.10. The Labute approximate surface area is 214 Å². The number of carbonyl (C=O) groups is 3. The van der Waals surface area contributed by atoms with Crippen LogP contribution >= 0.6 is 0 Å². The molecule has 4 heterocycles. The minimum absolute atomic E-state index is 0.0162. The second-order valence-corrected chi connectivity index (χ2v) is 8.55. The van der Waals surface area contributed by atoms with Gasteiger partial charge >= 0.3 is 0 Å². The monoisotopic (exact) mass is 512 g/mol. The van der Waals surface area contributed by atoms with E-state index in [4.69, 9.17) is 4.74 Å². The van der Waals surface area contributed by atoms with Gasteiger partial charge in [-0.15, -0.1) is 0 Å². The molecule has 4 aromatic rings. The number of carbonyl (C=O) groups excluding carboxylic acids is 3. The number of nitrogens with zero attached hydrogens (tertiary/aromatic N) is 5. The molecule has 3 amide bonds. The topological polar surface area (TPSA) is 193 Å². The van der Waals surface area contributed by atoms with Gasteiger partial charge < -0.3 is 20.7 Å². The Morgan fingerprint density at radius 3 is 2.84 bits per heavy atom. The second-order valence-electron chi connectivity index (χ2n) is 8.55. The summed E-state index contributed by atoms with van der Waals surface area (Å²) in [5.41, 5.74) is 2.42. The standard InChI is InChI=1S/C24H20N10O4/c35-17-9-38-16-6-1-12(7-15(16)30-17)8-25-24(37)20-18-19(26-10-27-20)22(34-32-18)31-23(36)14-4-2-13(3-5-14)21-28-11-29-33-21/h1-2,4-7,10-11,13H,3,8-9H2,(H,25,37)(H,30,35)(H,28,29,33)(H2,31,32,34,36). The third-order valence-electron chi connectivity index (χ3n) is 6.07. The quantitative estimate of drug-likeness (QED) is 0.253. The van der Waals surface area contributed by atoms with Crippen molar-refractivity contribution in [1.29, 1.82) is 0 Å². The molecule has 190 valence electrons. The zero-order chi connectivity index (χ0) is 26.1. The fourth-order valence-corrected chi connectivity index (χ4v) is 4.17. The van der Waals surface area contributed by atoms with Crippen LogP contribution in [0, 0.1) is 0 Å². The Bertz CT molecular complexity index is 1620. The van der Waals surface area contributed by atoms with Gasteiger partial charge in [0.1, 0.15) is 35.3 Å². The van der Waals surface area contributed by atoms with Crippen molar-refractivity contribution >= 4 is 40.3 Å². The van der Waals surface area contributed by atoms with Gasteiger partial charge in [0.2, 0.25) is 0 Å². The molecule has 5 N–H and O–H groups in total. The number of aromatic amines is 2. The number of hydrogen-bond acceptors (Lipinski definition) is 9. The molecule has 14 nitrogen and oxygen atoms in total. The highest BCUT2D eigenvalue weighted by Gasteiger charge is 2.22. The summed E-state index contributed by atoms with van der Waals surface area (Å²) in [6, 6.07) is 5.25. The molecular weight excluding hydrogens is 492 g/mol. The van der Waals surface area contributed by atoms with Gasteiger partial charge in [-0.25, -0.2) is 15.0 Å². The summed E-state index contributed by atoms with van der Waals surface area (Å²) in [5, 5.41) is 21.8. The largest absolute Gasteiger partial charge is 0.482 e. The van der Waals surface area contributed by atoms with Gasteiger partial charge in [-0.2, -0.15) is 10.2 Å². The van der Waals surface area contributed by atoms with Gasteiger partial charge in [0.05, 0.1) is 5.69 Å². The summed E-state index contributed by atoms with van der Waals surface area (Å²) in [6.07, 6.45) is 8.67. The maximum Gasteiger partial charge on any atom is 0.272 e. The van der Waals surface area contributed by atoms with Crippen LogP contribution < -0.4 is 20.7 Å². The number of benzene rings is 1. The van der Waals surface area contributed by atoms with E-state index < -0.39 is 5.91 Å². The summed E-state index contributed by atoms with van der Waals surface area (Å²) in [6.45, 7) is 0.151. The minimum Gasteiger partial charge on any atom is -0.482 e. The zero-order valence-corrected chi connectivity index (χ0v) is 19.7. The highest BCUT2D eigenvalue weighted by Crippen LogP contribution is 2.29. The number of hydrogen-bond donors (Lipinski definition) is 5. The highest BCUT2D eigenvalue weighted by atomic mass is 16.5. The van der Waals surface area contributed by atoms with E-state index in [9.17, 15) is 14.4 Å². The van der Waals surface area contributed by atoms with E-state index in [1.165, 1.54) is 12.7 Å². The second kappa shape index (κ2) is 9.57. The first-order chi connectivity index (χ1) is 18.5. The van der Waals surface area contributed by atoms with Crippen LogP contribution in [0.15, 0.2) is 54.7 Å². The number of amides is 3. The molecule has 0 saturated carbocycles. The van der Waals surface area contributed by atoms with Gasteiger partial charge in [0.15, 0.2) is 18.1 Å². The number of ether oxygens (including phenoxy) is 1. The number of nitrogens with one attached hydrogen (secondary N) is 5. The molecule has 3 aromatic heterocycles. The molecule has 14 heteroatoms. The number of anilines is 2. The van der Waals surface area contributed by atoms with E-state index in [2.05, 4.69) is 51.3 Å². The van der Waals surface area contributed by atoms with Gasteiger partial charge in [-0.3, -0.25) is 24.6 Å². The van der Waals surface area contributed by atoms with Crippen molar-refractivity contribution in [3.8, 4) is 5.75 Å². The lowest BCUT2D eigenvalue weighted by Crippen LogP contribution is -2.26. The van der Waals surface area contributed by atoms with Crippen LogP contribution in [0.3, 0.4) is 0 Å². The van der Waals surface area contributed by atoms with Gasteiger partial charge in [0, 0.05) is 18.0 Å². The van der Waals surface area contributed by atoms with Crippen molar-refractivity contribution in [1.82, 2.24) is 40.7 Å². The maximum atomic E-state index is 12.9. The number of aromatic nitrogens is 7. The zero-order valence-electron chi connectivity index (χ0n) is 19.7. The smallest absolute Gasteiger partial charge is 0.272 e. The summed E-state index contributed by atoms with van der Waals surface area (Å²) in [7, 11) is 0. The molecule has 1 aromatic carbocycles. The molecule has 1 aliphatic carbocycles. The number of allylic oxidation sites excluding steroid dienone is 2. The van der Waals surface area contributed by atoms with Crippen LogP contribution in [0.4, 0.5) is 11.5 Å². The van der Waals surface area contributed by atoms with Crippen molar-refractivity contribution in [2.75, 3.05) is 17.2 Å². The third kappa shape index (κ3) is 4.45. The number of rotatable bonds is 6. The number of H-pyrrole nitrogens is 2. The molecule has 1 aliphatic heterocycles. The first kappa shape index (κ1) is 23.0. The Hall–Kier alpha value is -5.40. The SMILES string of the molecule is O=C1COc2ccc(CNC(=O)c3ncnc4c(NC(=O)C5=CCC(c6ncn[nH]6)C=C5)n[nH]c34)cc2N1. The van der Waals surface area contributed by atoms with E-state index in [0.29, 0.717) is 28.9 Å². The van der Waals surface area contributed by atoms with Crippen molar-refractivity contribution < 1.29 is 19.1 Å². The van der Waals surface area contributed by atoms with Crippen LogP contribution in [0.5, 0.6) is 5.75 Å². The molecule has 0 radical (unpaired) electrons. The lowest BCUT2D eigenvalue weighted by molar-refractivity contribution is -0.118. The summed E-state index contributed by atoms with van der Waals surface area (Å²) in [4.78, 5) is 49.7. The molecule has 0 spiro atoms. The Kier molecular flexibility index (Phi) is 5.80. The van der Waals surface area contributed by atoms with E-state index >= 15 is 0 Å². The van der Waals surface area contributed by atoms with Crippen LogP contribution in [0.1, 0.15) is 34.2 Å². The Morgan fingerprint density at radius 1 is 1.11 bits per heavy atom.